The molecule has 104 valence electrons. The quantitative estimate of drug-likeness (QED) is 0.700. The number of amides is 1. The molecule has 0 bridgehead atoms. The normalized spacial score (nSPS) is 41.1. The van der Waals surface area contributed by atoms with Crippen LogP contribution in [0.15, 0.2) is 0 Å². The van der Waals surface area contributed by atoms with E-state index < -0.39 is 42.4 Å². The van der Waals surface area contributed by atoms with Crippen molar-refractivity contribution in [1.82, 2.24) is 4.90 Å². The van der Waals surface area contributed by atoms with E-state index in [-0.39, 0.29) is 13.1 Å². The summed E-state index contributed by atoms with van der Waals surface area (Å²) in [6.45, 7) is 1.65. The average molecular weight is 268 g/mol. The molecule has 0 unspecified atom stereocenters. The van der Waals surface area contributed by atoms with Gasteiger partial charge in [0.15, 0.2) is 5.60 Å². The maximum Gasteiger partial charge on any atom is 0.417 e. The van der Waals surface area contributed by atoms with Crippen molar-refractivity contribution in [2.24, 2.45) is 5.73 Å². The Hall–Kier alpha value is -0.860. The van der Waals surface area contributed by atoms with E-state index in [1.54, 1.807) is 0 Å². The number of fused-ring (bicyclic) bond motifs is 1. The molecule has 0 aliphatic carbocycles. The molecule has 3 atom stereocenters. The van der Waals surface area contributed by atoms with Crippen LogP contribution in [0.4, 0.5) is 13.2 Å². The molecule has 2 rings (SSSR count). The van der Waals surface area contributed by atoms with Gasteiger partial charge < -0.3 is 20.5 Å². The third kappa shape index (κ3) is 1.88. The highest BCUT2D eigenvalue weighted by atomic mass is 19.4. The van der Waals surface area contributed by atoms with Gasteiger partial charge in [0.1, 0.15) is 5.72 Å². The zero-order chi connectivity index (χ0) is 13.8. The molecule has 2 aliphatic rings. The molecule has 0 spiro atoms. The van der Waals surface area contributed by atoms with Gasteiger partial charge in [-0.25, -0.2) is 0 Å². The summed E-state index contributed by atoms with van der Waals surface area (Å²) in [7, 11) is 0. The number of ether oxygens (including phenoxy) is 1. The molecule has 3 N–H and O–H groups in total. The minimum absolute atomic E-state index is 0.115. The first-order chi connectivity index (χ1) is 8.11. The second-order valence-corrected chi connectivity index (χ2v) is 5.04. The Morgan fingerprint density at radius 2 is 2.22 bits per heavy atom. The second-order valence-electron chi connectivity index (χ2n) is 5.04. The molecule has 2 fully saturated rings. The van der Waals surface area contributed by atoms with Crippen molar-refractivity contribution in [3.05, 3.63) is 0 Å². The molecule has 5 nitrogen and oxygen atoms in total. The van der Waals surface area contributed by atoms with Crippen LogP contribution >= 0.6 is 0 Å². The lowest BCUT2D eigenvalue weighted by molar-refractivity contribution is -0.293. The number of hydrogen-bond donors (Lipinski definition) is 2. The summed E-state index contributed by atoms with van der Waals surface area (Å²) in [5, 5.41) is 9.67. The van der Waals surface area contributed by atoms with Crippen LogP contribution in [-0.4, -0.2) is 52.6 Å². The molecule has 0 aromatic carbocycles. The molecule has 2 heterocycles. The van der Waals surface area contributed by atoms with E-state index in [0.29, 0.717) is 0 Å². The van der Waals surface area contributed by atoms with Crippen molar-refractivity contribution in [3.63, 3.8) is 0 Å². The zero-order valence-electron chi connectivity index (χ0n) is 9.83. The summed E-state index contributed by atoms with van der Waals surface area (Å²) in [5.41, 5.74) is 0.928. The van der Waals surface area contributed by atoms with Crippen LogP contribution in [0.2, 0.25) is 0 Å². The third-order valence-electron chi connectivity index (χ3n) is 3.53. The standard InChI is InChI=1S/C10H15F3N2O3/c1-8-5-9(17,10(11,12)13)2-7(16)15(8)4-6(3-14)18-8/h6,17H,2-5,14H2,1H3/t6-,8+,9-/m0/s1. The highest BCUT2D eigenvalue weighted by molar-refractivity contribution is 5.79. The number of alkyl halides is 3. The number of nitrogens with zero attached hydrogens (tertiary/aromatic N) is 1. The average Bonchev–Trinajstić information content (AvgIpc) is 2.53. The van der Waals surface area contributed by atoms with Crippen molar-refractivity contribution >= 4 is 5.91 Å². The lowest BCUT2D eigenvalue weighted by Crippen LogP contribution is -2.62. The zero-order valence-corrected chi connectivity index (χ0v) is 9.83. The van der Waals surface area contributed by atoms with E-state index in [1.165, 1.54) is 11.8 Å². The lowest BCUT2D eigenvalue weighted by Gasteiger charge is -2.45. The van der Waals surface area contributed by atoms with Crippen LogP contribution < -0.4 is 5.73 Å². The number of carbonyl (C=O) groups is 1. The molecule has 0 radical (unpaired) electrons. The lowest BCUT2D eigenvalue weighted by atomic mass is 9.84. The third-order valence-corrected chi connectivity index (χ3v) is 3.53. The molecule has 2 saturated heterocycles. The molecular weight excluding hydrogens is 253 g/mol. The first-order valence-electron chi connectivity index (χ1n) is 5.59. The Labute approximate surface area is 102 Å². The largest absolute Gasteiger partial charge is 0.417 e. The summed E-state index contributed by atoms with van der Waals surface area (Å²) in [4.78, 5) is 13.0. The molecule has 2 aliphatic heterocycles. The minimum atomic E-state index is -4.86. The van der Waals surface area contributed by atoms with Gasteiger partial charge in [0.25, 0.3) is 0 Å². The topological polar surface area (TPSA) is 75.8 Å². The van der Waals surface area contributed by atoms with E-state index >= 15 is 0 Å². The van der Waals surface area contributed by atoms with Crippen molar-refractivity contribution in [2.75, 3.05) is 13.1 Å². The first-order valence-corrected chi connectivity index (χ1v) is 5.59. The van der Waals surface area contributed by atoms with Crippen LogP contribution in [0.1, 0.15) is 19.8 Å². The number of carbonyl (C=O) groups excluding carboxylic acids is 1. The van der Waals surface area contributed by atoms with Crippen molar-refractivity contribution in [1.29, 1.82) is 0 Å². The Morgan fingerprint density at radius 3 is 2.72 bits per heavy atom. The second kappa shape index (κ2) is 3.82. The molecule has 1 amide bonds. The van der Waals surface area contributed by atoms with Crippen molar-refractivity contribution in [2.45, 2.75) is 43.4 Å². The Kier molecular flexibility index (Phi) is 2.88. The van der Waals surface area contributed by atoms with Crippen LogP contribution in [0.3, 0.4) is 0 Å². The van der Waals surface area contributed by atoms with E-state index in [2.05, 4.69) is 0 Å². The number of piperidine rings is 1. The van der Waals surface area contributed by atoms with Gasteiger partial charge in [0.05, 0.1) is 19.1 Å². The van der Waals surface area contributed by atoms with Gasteiger partial charge in [-0.2, -0.15) is 13.2 Å². The molecule has 18 heavy (non-hydrogen) atoms. The van der Waals surface area contributed by atoms with Crippen molar-refractivity contribution in [3.8, 4) is 0 Å². The van der Waals surface area contributed by atoms with Crippen LogP contribution in [0.25, 0.3) is 0 Å². The van der Waals surface area contributed by atoms with Gasteiger partial charge in [-0.05, 0) is 6.92 Å². The summed E-state index contributed by atoms with van der Waals surface area (Å²) >= 11 is 0. The molecule has 0 aromatic heterocycles. The fraction of sp³-hybridized carbons (Fsp3) is 0.900. The molecule has 0 aromatic rings. The van der Waals surface area contributed by atoms with Gasteiger partial charge in [-0.15, -0.1) is 0 Å². The Balaban J connectivity index is 2.30. The summed E-state index contributed by atoms with van der Waals surface area (Å²) < 4.78 is 43.8. The summed E-state index contributed by atoms with van der Waals surface area (Å²) in [5.74, 6) is -0.764. The summed E-state index contributed by atoms with van der Waals surface area (Å²) in [6, 6.07) is 0. The first kappa shape index (κ1) is 13.6. The molecular formula is C10H15F3N2O3. The van der Waals surface area contributed by atoms with E-state index in [9.17, 15) is 23.1 Å². The van der Waals surface area contributed by atoms with E-state index in [4.69, 9.17) is 10.5 Å². The minimum Gasteiger partial charge on any atom is -0.380 e. The van der Waals surface area contributed by atoms with Gasteiger partial charge in [-0.1, -0.05) is 0 Å². The van der Waals surface area contributed by atoms with Gasteiger partial charge in [0, 0.05) is 13.0 Å². The predicted octanol–water partition coefficient (Wildman–Crippen LogP) is -0.0241. The van der Waals surface area contributed by atoms with Gasteiger partial charge in [-0.3, -0.25) is 4.79 Å². The Bertz CT molecular complexity index is 376. The highest BCUT2D eigenvalue weighted by Gasteiger charge is 2.64. The fourth-order valence-electron chi connectivity index (χ4n) is 2.63. The summed E-state index contributed by atoms with van der Waals surface area (Å²) in [6.07, 6.45) is -7.00. The number of nitrogens with two attached hydrogens (primary N) is 1. The van der Waals surface area contributed by atoms with Crippen LogP contribution in [0.5, 0.6) is 0 Å². The smallest absolute Gasteiger partial charge is 0.380 e. The fourth-order valence-corrected chi connectivity index (χ4v) is 2.63. The van der Waals surface area contributed by atoms with Crippen molar-refractivity contribution < 1.29 is 27.8 Å². The maximum atomic E-state index is 12.8. The molecule has 0 saturated carbocycles. The Morgan fingerprint density at radius 1 is 1.61 bits per heavy atom. The van der Waals surface area contributed by atoms with Crippen LogP contribution in [0, 0.1) is 0 Å². The number of rotatable bonds is 1. The van der Waals surface area contributed by atoms with Crippen LogP contribution in [-0.2, 0) is 9.53 Å². The number of aliphatic hydroxyl groups is 1. The monoisotopic (exact) mass is 268 g/mol. The van der Waals surface area contributed by atoms with Gasteiger partial charge in [0.2, 0.25) is 5.91 Å². The van der Waals surface area contributed by atoms with E-state index in [0.717, 1.165) is 0 Å². The van der Waals surface area contributed by atoms with E-state index in [1.807, 2.05) is 0 Å². The predicted molar refractivity (Wildman–Crippen MR) is 54.3 cm³/mol. The SMILES string of the molecule is C[C@@]12C[C@](O)(C(F)(F)F)CC(=O)N1C[C@H](CN)O2. The molecule has 8 heteroatoms. The number of hydrogen-bond acceptors (Lipinski definition) is 4. The highest BCUT2D eigenvalue weighted by Crippen LogP contribution is 2.47. The van der Waals surface area contributed by atoms with Gasteiger partial charge >= 0.3 is 6.18 Å². The number of halogens is 3. The maximum absolute atomic E-state index is 12.8.